The second-order valence-corrected chi connectivity index (χ2v) is 5.47. The van der Waals surface area contributed by atoms with Gasteiger partial charge >= 0.3 is 5.97 Å². The fourth-order valence-corrected chi connectivity index (χ4v) is 2.57. The molecule has 0 radical (unpaired) electrons. The smallest absolute Gasteiger partial charge is 0.317 e. The molecule has 100 valence electrons. The first-order valence-corrected chi connectivity index (χ1v) is 6.92. The van der Waals surface area contributed by atoms with Crippen molar-refractivity contribution in [3.63, 3.8) is 0 Å². The molecule has 1 fully saturated rings. The fourth-order valence-electron chi connectivity index (χ4n) is 1.93. The van der Waals surface area contributed by atoms with E-state index < -0.39 is 5.97 Å². The van der Waals surface area contributed by atoms with Gasteiger partial charge in [0.1, 0.15) is 0 Å². The van der Waals surface area contributed by atoms with Gasteiger partial charge in [0.2, 0.25) is 0 Å². The first-order chi connectivity index (χ1) is 9.22. The van der Waals surface area contributed by atoms with Crippen LogP contribution in [0.1, 0.15) is 18.7 Å². The van der Waals surface area contributed by atoms with Gasteiger partial charge in [-0.1, -0.05) is 11.2 Å². The van der Waals surface area contributed by atoms with E-state index in [0.717, 1.165) is 17.7 Å². The Morgan fingerprint density at radius 3 is 3.05 bits per heavy atom. The molecule has 1 aliphatic rings. The molecular weight excluding hydrogens is 266 g/mol. The maximum atomic E-state index is 10.8. The fraction of sp³-hybridized carbons (Fsp3) is 0.417. The summed E-state index contributed by atoms with van der Waals surface area (Å²) < 4.78 is 5.19. The van der Waals surface area contributed by atoms with Crippen molar-refractivity contribution in [1.29, 1.82) is 0 Å². The molecule has 19 heavy (non-hydrogen) atoms. The predicted molar refractivity (Wildman–Crippen MR) is 68.7 cm³/mol. The van der Waals surface area contributed by atoms with Crippen LogP contribution in [0, 0.1) is 0 Å². The number of carboxylic acid groups (broad SMARTS) is 1. The van der Waals surface area contributed by atoms with E-state index in [-0.39, 0.29) is 6.54 Å². The molecule has 0 amide bonds. The molecule has 2 aromatic rings. The van der Waals surface area contributed by atoms with Gasteiger partial charge in [-0.25, -0.2) is 0 Å². The Labute approximate surface area is 113 Å². The zero-order valence-electron chi connectivity index (χ0n) is 10.2. The molecule has 0 spiro atoms. The van der Waals surface area contributed by atoms with Crippen LogP contribution in [0.25, 0.3) is 10.8 Å². The van der Waals surface area contributed by atoms with Gasteiger partial charge < -0.3 is 9.63 Å². The first-order valence-electron chi connectivity index (χ1n) is 6.04. The lowest BCUT2D eigenvalue weighted by Crippen LogP contribution is -2.31. The lowest BCUT2D eigenvalue weighted by Gasteiger charge is -2.16. The molecule has 2 aromatic heterocycles. The van der Waals surface area contributed by atoms with Crippen molar-refractivity contribution in [2.24, 2.45) is 0 Å². The Bertz CT molecular complexity index is 563. The van der Waals surface area contributed by atoms with Crippen LogP contribution in [0.15, 0.2) is 22.0 Å². The van der Waals surface area contributed by atoms with E-state index in [1.54, 1.807) is 0 Å². The summed E-state index contributed by atoms with van der Waals surface area (Å²) >= 11 is 1.53. The first kappa shape index (κ1) is 12.3. The lowest BCUT2D eigenvalue weighted by atomic mass is 10.4. The Morgan fingerprint density at radius 1 is 1.58 bits per heavy atom. The summed E-state index contributed by atoms with van der Waals surface area (Å²) in [5.74, 6) is 0.210. The van der Waals surface area contributed by atoms with Crippen LogP contribution >= 0.6 is 11.3 Å². The Morgan fingerprint density at radius 2 is 2.42 bits per heavy atom. The number of nitrogens with zero attached hydrogens (tertiary/aromatic N) is 3. The van der Waals surface area contributed by atoms with E-state index in [9.17, 15) is 4.79 Å². The second-order valence-electron chi connectivity index (χ2n) is 4.52. The third kappa shape index (κ3) is 2.99. The van der Waals surface area contributed by atoms with Crippen LogP contribution in [-0.2, 0) is 11.3 Å². The summed E-state index contributed by atoms with van der Waals surface area (Å²) in [6.07, 6.45) is 2.09. The highest BCUT2D eigenvalue weighted by Gasteiger charge is 2.31. The quantitative estimate of drug-likeness (QED) is 0.869. The van der Waals surface area contributed by atoms with Crippen molar-refractivity contribution in [3.8, 4) is 10.8 Å². The summed E-state index contributed by atoms with van der Waals surface area (Å²) in [7, 11) is 0. The lowest BCUT2D eigenvalue weighted by molar-refractivity contribution is -0.138. The van der Waals surface area contributed by atoms with Gasteiger partial charge in [-0.2, -0.15) is 4.98 Å². The minimum atomic E-state index is -0.825. The molecule has 1 saturated carbocycles. The molecule has 0 bridgehead atoms. The molecule has 0 aliphatic heterocycles. The summed E-state index contributed by atoms with van der Waals surface area (Å²) in [6, 6.07) is 4.18. The van der Waals surface area contributed by atoms with E-state index in [1.807, 2.05) is 22.4 Å². The van der Waals surface area contributed by atoms with Gasteiger partial charge in [0, 0.05) is 6.04 Å². The highest BCUT2D eigenvalue weighted by atomic mass is 32.1. The second kappa shape index (κ2) is 5.10. The van der Waals surface area contributed by atoms with Crippen LogP contribution in [-0.4, -0.2) is 38.7 Å². The molecule has 3 rings (SSSR count). The van der Waals surface area contributed by atoms with Crippen LogP contribution in [0.3, 0.4) is 0 Å². The molecule has 0 unspecified atom stereocenters. The minimum Gasteiger partial charge on any atom is -0.480 e. The zero-order chi connectivity index (χ0) is 13.2. The van der Waals surface area contributed by atoms with Crippen LogP contribution in [0.5, 0.6) is 0 Å². The number of carbonyl (C=O) groups is 1. The number of rotatable bonds is 6. The molecule has 0 atom stereocenters. The van der Waals surface area contributed by atoms with E-state index in [1.165, 1.54) is 11.3 Å². The number of aliphatic carboxylic acids is 1. The van der Waals surface area contributed by atoms with E-state index >= 15 is 0 Å². The summed E-state index contributed by atoms with van der Waals surface area (Å²) in [5.41, 5.74) is 0. The average molecular weight is 279 g/mol. The number of carboxylic acids is 1. The zero-order valence-corrected chi connectivity index (χ0v) is 11.0. The third-order valence-electron chi connectivity index (χ3n) is 2.95. The van der Waals surface area contributed by atoms with Crippen molar-refractivity contribution >= 4 is 17.3 Å². The number of hydrogen-bond acceptors (Lipinski definition) is 6. The minimum absolute atomic E-state index is 0.0214. The van der Waals surface area contributed by atoms with Gasteiger partial charge in [0.05, 0.1) is 18.0 Å². The number of thiophene rings is 1. The van der Waals surface area contributed by atoms with Crippen molar-refractivity contribution in [1.82, 2.24) is 15.0 Å². The van der Waals surface area contributed by atoms with Gasteiger partial charge in [-0.15, -0.1) is 11.3 Å². The molecule has 1 N–H and O–H groups in total. The van der Waals surface area contributed by atoms with E-state index in [2.05, 4.69) is 10.1 Å². The maximum absolute atomic E-state index is 10.8. The highest BCUT2D eigenvalue weighted by molar-refractivity contribution is 7.13. The van der Waals surface area contributed by atoms with E-state index in [0.29, 0.717) is 24.3 Å². The van der Waals surface area contributed by atoms with Crippen LogP contribution < -0.4 is 0 Å². The Kier molecular flexibility index (Phi) is 3.31. The van der Waals surface area contributed by atoms with Crippen LogP contribution in [0.4, 0.5) is 0 Å². The SMILES string of the molecule is O=C(O)CN(Cc1noc(-c2cccs2)n1)C1CC1. The van der Waals surface area contributed by atoms with Gasteiger partial charge in [-0.05, 0) is 24.3 Å². The monoisotopic (exact) mass is 279 g/mol. The van der Waals surface area contributed by atoms with Crippen LogP contribution in [0.2, 0.25) is 0 Å². The Hall–Kier alpha value is -1.73. The molecule has 0 aromatic carbocycles. The largest absolute Gasteiger partial charge is 0.480 e. The summed E-state index contributed by atoms with van der Waals surface area (Å²) in [4.78, 5) is 17.9. The normalized spacial score (nSPS) is 15.0. The van der Waals surface area contributed by atoms with Crippen molar-refractivity contribution in [2.75, 3.05) is 6.54 Å². The Balaban J connectivity index is 1.70. The average Bonchev–Trinajstić information content (AvgIpc) is 2.89. The highest BCUT2D eigenvalue weighted by Crippen LogP contribution is 2.28. The maximum Gasteiger partial charge on any atom is 0.317 e. The molecule has 6 nitrogen and oxygen atoms in total. The van der Waals surface area contributed by atoms with Crippen molar-refractivity contribution in [2.45, 2.75) is 25.4 Å². The summed E-state index contributed by atoms with van der Waals surface area (Å²) in [5, 5.41) is 14.7. The number of hydrogen-bond donors (Lipinski definition) is 1. The van der Waals surface area contributed by atoms with Crippen molar-refractivity contribution < 1.29 is 14.4 Å². The topological polar surface area (TPSA) is 79.5 Å². The van der Waals surface area contributed by atoms with Gasteiger partial charge in [0.25, 0.3) is 5.89 Å². The van der Waals surface area contributed by atoms with Crippen molar-refractivity contribution in [3.05, 3.63) is 23.3 Å². The van der Waals surface area contributed by atoms with Gasteiger partial charge in [-0.3, -0.25) is 9.69 Å². The molecular formula is C12H13N3O3S. The van der Waals surface area contributed by atoms with E-state index in [4.69, 9.17) is 9.63 Å². The standard InChI is InChI=1S/C12H13N3O3S/c16-11(17)7-15(8-3-4-8)6-10-13-12(18-14-10)9-2-1-5-19-9/h1-2,5,8H,3-4,6-7H2,(H,16,17). The third-order valence-corrected chi connectivity index (χ3v) is 3.80. The summed E-state index contributed by atoms with van der Waals surface area (Å²) in [6.45, 7) is 0.444. The molecule has 0 saturated heterocycles. The molecule has 7 heteroatoms. The molecule has 1 aliphatic carbocycles. The molecule has 2 heterocycles. The predicted octanol–water partition coefficient (Wildman–Crippen LogP) is 1.85. The van der Waals surface area contributed by atoms with Gasteiger partial charge in [0.15, 0.2) is 5.82 Å². The number of aromatic nitrogens is 2.